The summed E-state index contributed by atoms with van der Waals surface area (Å²) in [5, 5.41) is 5.85. The van der Waals surface area contributed by atoms with Crippen LogP contribution in [-0.4, -0.2) is 40.3 Å². The Labute approximate surface area is 122 Å². The van der Waals surface area contributed by atoms with Gasteiger partial charge in [-0.3, -0.25) is 9.59 Å². The van der Waals surface area contributed by atoms with Crippen LogP contribution in [0.2, 0.25) is 0 Å². The first-order valence-corrected chi connectivity index (χ1v) is 7.88. The third-order valence-electron chi connectivity index (χ3n) is 4.23. The number of nitrogens with one attached hydrogen (secondary N) is 1. The summed E-state index contributed by atoms with van der Waals surface area (Å²) in [4.78, 5) is 30.6. The van der Waals surface area contributed by atoms with Crippen LogP contribution < -0.4 is 5.32 Å². The van der Waals surface area contributed by atoms with Gasteiger partial charge in [-0.2, -0.15) is 0 Å². The molecule has 2 fully saturated rings. The Hall–Kier alpha value is -1.43. The molecule has 2 unspecified atom stereocenters. The number of carbonyl (C=O) groups excluding carboxylic acids is 2. The molecule has 3 rings (SSSR count). The molecule has 2 atom stereocenters. The molecule has 108 valence electrons. The van der Waals surface area contributed by atoms with Gasteiger partial charge in [-0.05, 0) is 25.7 Å². The Morgan fingerprint density at radius 2 is 2.30 bits per heavy atom. The second kappa shape index (κ2) is 4.84. The molecule has 20 heavy (non-hydrogen) atoms. The summed E-state index contributed by atoms with van der Waals surface area (Å²) in [5.74, 6) is 0.471. The molecule has 1 aliphatic carbocycles. The van der Waals surface area contributed by atoms with Crippen molar-refractivity contribution in [2.24, 2.45) is 5.92 Å². The number of amides is 2. The Balaban J connectivity index is 1.75. The summed E-state index contributed by atoms with van der Waals surface area (Å²) in [6.45, 7) is 4.64. The molecule has 0 spiro atoms. The SMILES string of the molecule is CC(CN1CC(=O)NC(C)(C2CC2)C1=O)c1nccs1. The zero-order chi connectivity index (χ0) is 14.3. The average Bonchev–Trinajstić information content (AvgIpc) is 3.11. The van der Waals surface area contributed by atoms with Crippen molar-refractivity contribution in [3.63, 3.8) is 0 Å². The van der Waals surface area contributed by atoms with Crippen LogP contribution in [0.3, 0.4) is 0 Å². The molecule has 6 heteroatoms. The highest BCUT2D eigenvalue weighted by Gasteiger charge is 2.52. The molecule has 0 radical (unpaired) electrons. The molecule has 0 aromatic carbocycles. The van der Waals surface area contributed by atoms with E-state index in [1.54, 1.807) is 22.4 Å². The predicted octanol–water partition coefficient (Wildman–Crippen LogP) is 1.37. The molecule has 1 saturated heterocycles. The first kappa shape index (κ1) is 13.5. The number of rotatable bonds is 4. The molecule has 1 aliphatic heterocycles. The summed E-state index contributed by atoms with van der Waals surface area (Å²) in [6.07, 6.45) is 3.83. The molecule has 2 aliphatic rings. The molecule has 1 aromatic rings. The molecular weight excluding hydrogens is 274 g/mol. The fourth-order valence-corrected chi connectivity index (χ4v) is 3.62. The first-order chi connectivity index (χ1) is 9.50. The molecule has 2 heterocycles. The van der Waals surface area contributed by atoms with Gasteiger partial charge in [-0.15, -0.1) is 11.3 Å². The van der Waals surface area contributed by atoms with Crippen LogP contribution in [0.1, 0.15) is 37.6 Å². The van der Waals surface area contributed by atoms with Crippen molar-refractivity contribution in [2.45, 2.75) is 38.1 Å². The highest BCUT2D eigenvalue weighted by molar-refractivity contribution is 7.09. The summed E-state index contributed by atoms with van der Waals surface area (Å²) < 4.78 is 0. The molecule has 0 bridgehead atoms. The summed E-state index contributed by atoms with van der Waals surface area (Å²) in [7, 11) is 0. The molecule has 5 nitrogen and oxygen atoms in total. The quantitative estimate of drug-likeness (QED) is 0.912. The van der Waals surface area contributed by atoms with Crippen LogP contribution >= 0.6 is 11.3 Å². The lowest BCUT2D eigenvalue weighted by atomic mass is 9.91. The number of carbonyl (C=O) groups is 2. The lowest BCUT2D eigenvalue weighted by Gasteiger charge is -2.40. The van der Waals surface area contributed by atoms with E-state index in [4.69, 9.17) is 0 Å². The van der Waals surface area contributed by atoms with E-state index in [1.807, 2.05) is 19.2 Å². The summed E-state index contributed by atoms with van der Waals surface area (Å²) in [5.41, 5.74) is -0.696. The Bertz CT molecular complexity index is 527. The fourth-order valence-electron chi connectivity index (χ4n) is 2.93. The van der Waals surface area contributed by atoms with Gasteiger partial charge in [0.25, 0.3) is 0 Å². The van der Waals surface area contributed by atoms with Crippen molar-refractivity contribution in [2.75, 3.05) is 13.1 Å². The van der Waals surface area contributed by atoms with Crippen LogP contribution in [0, 0.1) is 5.92 Å². The third kappa shape index (κ3) is 2.32. The fraction of sp³-hybridized carbons (Fsp3) is 0.643. The van der Waals surface area contributed by atoms with E-state index >= 15 is 0 Å². The zero-order valence-corrected chi connectivity index (χ0v) is 12.6. The highest BCUT2D eigenvalue weighted by atomic mass is 32.1. The van der Waals surface area contributed by atoms with Gasteiger partial charge in [0.1, 0.15) is 5.54 Å². The van der Waals surface area contributed by atoms with Crippen LogP contribution in [-0.2, 0) is 9.59 Å². The van der Waals surface area contributed by atoms with Crippen molar-refractivity contribution in [3.8, 4) is 0 Å². The van der Waals surface area contributed by atoms with Crippen LogP contribution in [0.25, 0.3) is 0 Å². The Kier molecular flexibility index (Phi) is 3.28. The van der Waals surface area contributed by atoms with Crippen molar-refractivity contribution in [3.05, 3.63) is 16.6 Å². The van der Waals surface area contributed by atoms with Gasteiger partial charge in [-0.1, -0.05) is 6.92 Å². The minimum absolute atomic E-state index is 0.0506. The van der Waals surface area contributed by atoms with Gasteiger partial charge in [-0.25, -0.2) is 4.98 Å². The molecule has 1 saturated carbocycles. The van der Waals surface area contributed by atoms with Crippen LogP contribution in [0.5, 0.6) is 0 Å². The number of thiazole rings is 1. The van der Waals surface area contributed by atoms with E-state index in [0.717, 1.165) is 17.8 Å². The molecule has 2 amide bonds. The van der Waals surface area contributed by atoms with Crippen LogP contribution in [0.4, 0.5) is 0 Å². The number of nitrogens with zero attached hydrogens (tertiary/aromatic N) is 2. The smallest absolute Gasteiger partial charge is 0.248 e. The van der Waals surface area contributed by atoms with E-state index in [-0.39, 0.29) is 24.3 Å². The Morgan fingerprint density at radius 1 is 1.55 bits per heavy atom. The molecule has 1 aromatic heterocycles. The number of hydrogen-bond acceptors (Lipinski definition) is 4. The minimum Gasteiger partial charge on any atom is -0.340 e. The number of hydrogen-bond donors (Lipinski definition) is 1. The lowest BCUT2D eigenvalue weighted by molar-refractivity contribution is -0.150. The topological polar surface area (TPSA) is 62.3 Å². The van der Waals surface area contributed by atoms with E-state index in [0.29, 0.717) is 12.5 Å². The molecular formula is C14H19N3O2S. The number of aromatic nitrogens is 1. The normalized spacial score (nSPS) is 28.4. The van der Waals surface area contributed by atoms with Gasteiger partial charge in [0.2, 0.25) is 11.8 Å². The highest BCUT2D eigenvalue weighted by Crippen LogP contribution is 2.41. The first-order valence-electron chi connectivity index (χ1n) is 7.00. The standard InChI is InChI=1S/C14H19N3O2S/c1-9(12-15-5-6-20-12)7-17-8-11(18)16-14(2,13(17)19)10-3-4-10/h5-6,9-10H,3-4,7-8H2,1-2H3,(H,16,18). The summed E-state index contributed by atoms with van der Waals surface area (Å²) >= 11 is 1.59. The zero-order valence-electron chi connectivity index (χ0n) is 11.8. The monoisotopic (exact) mass is 293 g/mol. The van der Waals surface area contributed by atoms with Crippen molar-refractivity contribution < 1.29 is 9.59 Å². The van der Waals surface area contributed by atoms with Gasteiger partial charge < -0.3 is 10.2 Å². The van der Waals surface area contributed by atoms with E-state index in [2.05, 4.69) is 10.3 Å². The number of piperazine rings is 1. The van der Waals surface area contributed by atoms with Gasteiger partial charge in [0.15, 0.2) is 0 Å². The Morgan fingerprint density at radius 3 is 2.90 bits per heavy atom. The lowest BCUT2D eigenvalue weighted by Crippen LogP contribution is -2.66. The van der Waals surface area contributed by atoms with Gasteiger partial charge in [0, 0.05) is 24.0 Å². The maximum atomic E-state index is 12.7. The van der Waals surface area contributed by atoms with Crippen molar-refractivity contribution >= 4 is 23.2 Å². The van der Waals surface area contributed by atoms with Crippen LogP contribution in [0.15, 0.2) is 11.6 Å². The average molecular weight is 293 g/mol. The predicted molar refractivity (Wildman–Crippen MR) is 76.4 cm³/mol. The van der Waals surface area contributed by atoms with E-state index in [1.165, 1.54) is 0 Å². The van der Waals surface area contributed by atoms with Crippen molar-refractivity contribution in [1.29, 1.82) is 0 Å². The maximum absolute atomic E-state index is 12.7. The van der Waals surface area contributed by atoms with E-state index < -0.39 is 5.54 Å². The second-order valence-corrected chi connectivity index (χ2v) is 6.91. The summed E-state index contributed by atoms with van der Waals surface area (Å²) in [6, 6.07) is 0. The van der Waals surface area contributed by atoms with Gasteiger partial charge in [0.05, 0.1) is 11.6 Å². The second-order valence-electron chi connectivity index (χ2n) is 5.98. The largest absolute Gasteiger partial charge is 0.340 e. The van der Waals surface area contributed by atoms with E-state index in [9.17, 15) is 9.59 Å². The third-order valence-corrected chi connectivity index (χ3v) is 5.23. The van der Waals surface area contributed by atoms with Crippen molar-refractivity contribution in [1.82, 2.24) is 15.2 Å². The maximum Gasteiger partial charge on any atom is 0.248 e. The molecule has 1 N–H and O–H groups in total. The van der Waals surface area contributed by atoms with Gasteiger partial charge >= 0.3 is 0 Å². The minimum atomic E-state index is -0.696.